The summed E-state index contributed by atoms with van der Waals surface area (Å²) in [6, 6.07) is 8.09. The predicted octanol–water partition coefficient (Wildman–Crippen LogP) is 5.43. The number of hydrogen-bond acceptors (Lipinski definition) is 6. The van der Waals surface area contributed by atoms with Crippen LogP contribution >= 0.6 is 24.4 Å². The van der Waals surface area contributed by atoms with E-state index in [1.165, 1.54) is 10.3 Å². The van der Waals surface area contributed by atoms with E-state index in [9.17, 15) is 0 Å². The van der Waals surface area contributed by atoms with Crippen molar-refractivity contribution in [3.8, 4) is 0 Å². The van der Waals surface area contributed by atoms with Crippen molar-refractivity contribution < 1.29 is 16.8 Å². The smallest absolute Gasteiger partial charge is 0.753 e. The summed E-state index contributed by atoms with van der Waals surface area (Å²) in [4.78, 5) is 30.3. The number of fused-ring (bicyclic) bond motifs is 4. The van der Waals surface area contributed by atoms with Crippen LogP contribution in [0.2, 0.25) is 0 Å². The SMILES string of the molecule is Cc1nc2cc3[nH]c(C)nc3cc2[nH]1.Cc1nc2cc3[nH]c(C)nc3cc2[nH]1.[Co+2].[N-]=C=S.[N-]=C=S. The molecule has 4 heterocycles. The summed E-state index contributed by atoms with van der Waals surface area (Å²) >= 11 is 7.40. The van der Waals surface area contributed by atoms with E-state index in [2.05, 4.69) is 64.3 Å². The van der Waals surface area contributed by atoms with E-state index in [0.717, 1.165) is 67.4 Å². The molecule has 10 nitrogen and oxygen atoms in total. The molecule has 0 atom stereocenters. The first-order valence-electron chi connectivity index (χ1n) is 9.95. The van der Waals surface area contributed by atoms with Crippen LogP contribution in [0.3, 0.4) is 0 Å². The summed E-state index contributed by atoms with van der Waals surface area (Å²) in [6.45, 7) is 7.81. The number of thiocarbonyl (C=S) groups is 2. The summed E-state index contributed by atoms with van der Waals surface area (Å²) < 4.78 is 0. The molecule has 0 aliphatic heterocycles. The van der Waals surface area contributed by atoms with E-state index in [4.69, 9.17) is 10.8 Å². The minimum Gasteiger partial charge on any atom is -0.753 e. The van der Waals surface area contributed by atoms with Crippen LogP contribution in [0.25, 0.3) is 55.0 Å². The second-order valence-corrected chi connectivity index (χ2v) is 7.61. The van der Waals surface area contributed by atoms with Crippen LogP contribution in [-0.4, -0.2) is 50.2 Å². The van der Waals surface area contributed by atoms with Gasteiger partial charge in [0.25, 0.3) is 0 Å². The van der Waals surface area contributed by atoms with Crippen LogP contribution in [0.4, 0.5) is 0 Å². The zero-order valence-electron chi connectivity index (χ0n) is 19.1. The van der Waals surface area contributed by atoms with E-state index >= 15 is 0 Å². The Hall–Kier alpha value is -3.57. The predicted molar refractivity (Wildman–Crippen MR) is 142 cm³/mol. The van der Waals surface area contributed by atoms with Crippen molar-refractivity contribution in [1.29, 1.82) is 0 Å². The normalized spacial score (nSPS) is 9.71. The molecule has 4 N–H and O–H groups in total. The Bertz CT molecular complexity index is 1330. The fourth-order valence-electron chi connectivity index (χ4n) is 3.54. The number of H-pyrrole nitrogens is 4. The molecule has 0 spiro atoms. The topological polar surface area (TPSA) is 159 Å². The molecular formula is C22H20CoN10S2. The molecule has 6 rings (SSSR count). The van der Waals surface area contributed by atoms with Gasteiger partial charge in [-0.1, -0.05) is 24.4 Å². The van der Waals surface area contributed by atoms with Crippen molar-refractivity contribution in [1.82, 2.24) is 39.9 Å². The van der Waals surface area contributed by atoms with Gasteiger partial charge in [-0.2, -0.15) is 10.3 Å². The number of nitrogens with one attached hydrogen (secondary N) is 4. The van der Waals surface area contributed by atoms with Crippen molar-refractivity contribution >= 4 is 78.9 Å². The minimum atomic E-state index is 0. The average molecular weight is 548 g/mol. The molecule has 0 amide bonds. The summed E-state index contributed by atoms with van der Waals surface area (Å²) in [5.74, 6) is 3.74. The summed E-state index contributed by atoms with van der Waals surface area (Å²) in [6.07, 6.45) is 0. The molecule has 179 valence electrons. The quantitative estimate of drug-likeness (QED) is 0.147. The fraction of sp³-hybridized carbons (Fsp3) is 0.182. The molecule has 0 aliphatic carbocycles. The molecule has 0 aliphatic rings. The van der Waals surface area contributed by atoms with Gasteiger partial charge in [0.05, 0.1) is 44.1 Å². The number of aryl methyl sites for hydroxylation is 4. The van der Waals surface area contributed by atoms with Crippen LogP contribution in [0.5, 0.6) is 0 Å². The van der Waals surface area contributed by atoms with Crippen LogP contribution in [0.1, 0.15) is 23.3 Å². The van der Waals surface area contributed by atoms with Crippen LogP contribution in [0.15, 0.2) is 24.3 Å². The molecule has 2 aromatic carbocycles. The molecule has 1 radical (unpaired) electrons. The summed E-state index contributed by atoms with van der Waals surface area (Å²) in [5, 5.41) is 16.9. The molecule has 0 saturated carbocycles. The Morgan fingerprint density at radius 1 is 0.543 bits per heavy atom. The van der Waals surface area contributed by atoms with E-state index in [1.54, 1.807) is 0 Å². The number of benzene rings is 2. The number of aromatic amines is 4. The fourth-order valence-corrected chi connectivity index (χ4v) is 3.54. The van der Waals surface area contributed by atoms with Crippen LogP contribution in [-0.2, 0) is 16.8 Å². The Labute approximate surface area is 221 Å². The van der Waals surface area contributed by atoms with E-state index in [-0.39, 0.29) is 16.8 Å². The van der Waals surface area contributed by atoms with Gasteiger partial charge in [-0.25, -0.2) is 19.9 Å². The van der Waals surface area contributed by atoms with E-state index < -0.39 is 0 Å². The molecule has 13 heteroatoms. The van der Waals surface area contributed by atoms with E-state index in [0.29, 0.717) is 0 Å². The van der Waals surface area contributed by atoms with Crippen molar-refractivity contribution in [2.75, 3.05) is 0 Å². The molecule has 6 aromatic rings. The minimum absolute atomic E-state index is 0. The number of rotatable bonds is 0. The molecular weight excluding hydrogens is 527 g/mol. The van der Waals surface area contributed by atoms with Gasteiger partial charge in [0.2, 0.25) is 0 Å². The molecule has 0 saturated heterocycles. The van der Waals surface area contributed by atoms with Crippen molar-refractivity contribution in [2.45, 2.75) is 27.7 Å². The first-order chi connectivity index (χ1) is 16.3. The Morgan fingerprint density at radius 2 is 0.714 bits per heavy atom. The largest absolute Gasteiger partial charge is 2.00 e. The molecule has 0 unspecified atom stereocenters. The van der Waals surface area contributed by atoms with Crippen LogP contribution < -0.4 is 0 Å². The maximum atomic E-state index is 7.13. The van der Waals surface area contributed by atoms with Gasteiger partial charge in [0.1, 0.15) is 23.3 Å². The maximum Gasteiger partial charge on any atom is 2.00 e. The average Bonchev–Trinajstić information content (AvgIpc) is 3.48. The summed E-state index contributed by atoms with van der Waals surface area (Å²) in [7, 11) is 0. The number of aromatic nitrogens is 8. The van der Waals surface area contributed by atoms with Crippen LogP contribution in [0, 0.1) is 27.7 Å². The van der Waals surface area contributed by atoms with Gasteiger partial charge in [0, 0.05) is 0 Å². The molecule has 0 fully saturated rings. The second kappa shape index (κ2) is 12.2. The zero-order valence-corrected chi connectivity index (χ0v) is 21.8. The third-order valence-corrected chi connectivity index (χ3v) is 4.64. The van der Waals surface area contributed by atoms with Gasteiger partial charge in [-0.15, -0.1) is 0 Å². The monoisotopic (exact) mass is 547 g/mol. The number of hydrogen-bond donors (Lipinski definition) is 4. The second-order valence-electron chi connectivity index (χ2n) is 7.24. The number of isothiocyanates is 2. The maximum absolute atomic E-state index is 7.13. The Balaban J connectivity index is 0.000000198. The van der Waals surface area contributed by atoms with Gasteiger partial charge < -0.3 is 30.8 Å². The van der Waals surface area contributed by atoms with Crippen molar-refractivity contribution in [3.05, 3.63) is 58.4 Å². The van der Waals surface area contributed by atoms with Gasteiger partial charge in [0.15, 0.2) is 0 Å². The van der Waals surface area contributed by atoms with Gasteiger partial charge >= 0.3 is 16.8 Å². The number of imidazole rings is 4. The Kier molecular flexibility index (Phi) is 9.66. The first-order valence-corrected chi connectivity index (χ1v) is 10.8. The van der Waals surface area contributed by atoms with E-state index in [1.807, 2.05) is 52.0 Å². The molecule has 4 aromatic heterocycles. The summed E-state index contributed by atoms with van der Waals surface area (Å²) in [5.41, 5.74) is 8.11. The third kappa shape index (κ3) is 6.73. The number of nitrogens with zero attached hydrogens (tertiary/aromatic N) is 6. The Morgan fingerprint density at radius 3 is 0.886 bits per heavy atom. The van der Waals surface area contributed by atoms with Crippen molar-refractivity contribution in [2.24, 2.45) is 0 Å². The van der Waals surface area contributed by atoms with Gasteiger partial charge in [-0.3, -0.25) is 0 Å². The van der Waals surface area contributed by atoms with Crippen molar-refractivity contribution in [3.63, 3.8) is 0 Å². The zero-order chi connectivity index (χ0) is 24.8. The van der Waals surface area contributed by atoms with Gasteiger partial charge in [-0.05, 0) is 52.0 Å². The standard InChI is InChI=1S/2C10H10N4.2CNS.Co/c2*1-5-11-7-3-9-10(4-8(7)12-5)14-6(2)13-9;2*2-1-3;/h2*3-4H,1-2H3,(H,11,12)(H,13,14);;;/q;;2*-1;+2. The molecule has 35 heavy (non-hydrogen) atoms. The first kappa shape index (κ1) is 27.7. The third-order valence-electron chi connectivity index (χ3n) is 4.64. The molecule has 0 bridgehead atoms.